The van der Waals surface area contributed by atoms with Crippen LogP contribution in [0.5, 0.6) is 0 Å². The number of nitrogens with zero attached hydrogens (tertiary/aromatic N) is 1. The van der Waals surface area contributed by atoms with Gasteiger partial charge in [0.2, 0.25) is 0 Å². The minimum atomic E-state index is -0.504. The highest BCUT2D eigenvalue weighted by Crippen LogP contribution is 2.49. The van der Waals surface area contributed by atoms with Crippen molar-refractivity contribution in [3.8, 4) is 0 Å². The first kappa shape index (κ1) is 17.0. The molecule has 5 nitrogen and oxygen atoms in total. The van der Waals surface area contributed by atoms with Crippen LogP contribution in [-0.2, 0) is 14.3 Å². The first-order valence-corrected chi connectivity index (χ1v) is 8.22. The van der Waals surface area contributed by atoms with E-state index in [-0.39, 0.29) is 23.1 Å². The average molecular weight is 309 g/mol. The fourth-order valence-electron chi connectivity index (χ4n) is 3.73. The Morgan fingerprint density at radius 2 is 1.82 bits per heavy atom. The zero-order valence-electron chi connectivity index (χ0n) is 14.1. The number of amides is 1. The molecule has 1 spiro atoms. The van der Waals surface area contributed by atoms with Crippen LogP contribution in [0.25, 0.3) is 0 Å². The van der Waals surface area contributed by atoms with E-state index >= 15 is 0 Å². The third-order valence-electron chi connectivity index (χ3n) is 4.88. The van der Waals surface area contributed by atoms with Crippen molar-refractivity contribution >= 4 is 17.7 Å². The molecule has 2 aliphatic rings. The fourth-order valence-corrected chi connectivity index (χ4v) is 3.73. The summed E-state index contributed by atoms with van der Waals surface area (Å²) >= 11 is 0. The molecular weight excluding hydrogens is 282 g/mol. The van der Waals surface area contributed by atoms with E-state index in [1.807, 2.05) is 27.7 Å². The SMILES string of the molecule is CCC(=O)C1C(=O)CCC12CCN(C(=O)OC(C)(C)C)CC2. The molecule has 5 heteroatoms. The van der Waals surface area contributed by atoms with Crippen LogP contribution in [0.4, 0.5) is 4.79 Å². The maximum Gasteiger partial charge on any atom is 0.410 e. The molecule has 0 aromatic rings. The minimum Gasteiger partial charge on any atom is -0.444 e. The van der Waals surface area contributed by atoms with Crippen LogP contribution in [0.3, 0.4) is 0 Å². The van der Waals surface area contributed by atoms with Crippen LogP contribution in [0.1, 0.15) is 59.8 Å². The Bertz CT molecular complexity index is 470. The third kappa shape index (κ3) is 3.33. The summed E-state index contributed by atoms with van der Waals surface area (Å²) in [5, 5.41) is 0. The summed E-state index contributed by atoms with van der Waals surface area (Å²) in [6, 6.07) is 0. The lowest BCUT2D eigenvalue weighted by Crippen LogP contribution is -2.48. The number of Topliss-reactive ketones (excluding diaryl/α,β-unsaturated/α-hetero) is 2. The summed E-state index contributed by atoms with van der Waals surface area (Å²) in [5.74, 6) is -0.288. The number of ether oxygens (including phenoxy) is 1. The highest BCUT2D eigenvalue weighted by molar-refractivity contribution is 6.04. The molecular formula is C17H27NO4. The van der Waals surface area contributed by atoms with Gasteiger partial charge >= 0.3 is 6.09 Å². The van der Waals surface area contributed by atoms with Crippen LogP contribution in [0.15, 0.2) is 0 Å². The monoisotopic (exact) mass is 309 g/mol. The second-order valence-corrected chi connectivity index (χ2v) is 7.55. The predicted octanol–water partition coefficient (Wildman–Crippen LogP) is 2.96. The number of ketones is 2. The summed E-state index contributed by atoms with van der Waals surface area (Å²) in [7, 11) is 0. The van der Waals surface area contributed by atoms with Gasteiger partial charge in [0.1, 0.15) is 17.2 Å². The van der Waals surface area contributed by atoms with Gasteiger partial charge in [-0.25, -0.2) is 4.79 Å². The van der Waals surface area contributed by atoms with Crippen LogP contribution < -0.4 is 0 Å². The lowest BCUT2D eigenvalue weighted by atomic mass is 9.68. The summed E-state index contributed by atoms with van der Waals surface area (Å²) in [4.78, 5) is 38.1. The van der Waals surface area contributed by atoms with E-state index in [4.69, 9.17) is 4.74 Å². The van der Waals surface area contributed by atoms with E-state index in [2.05, 4.69) is 0 Å². The molecule has 2 fully saturated rings. The molecule has 1 unspecified atom stereocenters. The topological polar surface area (TPSA) is 63.7 Å². The van der Waals surface area contributed by atoms with Gasteiger partial charge in [0.15, 0.2) is 0 Å². The lowest BCUT2D eigenvalue weighted by molar-refractivity contribution is -0.135. The number of hydrogen-bond donors (Lipinski definition) is 0. The minimum absolute atomic E-state index is 0.0632. The maximum absolute atomic E-state index is 12.2. The molecule has 1 atom stereocenters. The van der Waals surface area contributed by atoms with Crippen molar-refractivity contribution in [1.82, 2.24) is 4.90 Å². The second kappa shape index (κ2) is 6.01. The molecule has 1 aliphatic heterocycles. The summed E-state index contributed by atoms with van der Waals surface area (Å²) in [5.41, 5.74) is -0.723. The normalized spacial score (nSPS) is 24.6. The van der Waals surface area contributed by atoms with Crippen molar-refractivity contribution in [1.29, 1.82) is 0 Å². The van der Waals surface area contributed by atoms with Gasteiger partial charge in [0.25, 0.3) is 0 Å². The van der Waals surface area contributed by atoms with Crippen molar-refractivity contribution in [2.24, 2.45) is 11.3 Å². The van der Waals surface area contributed by atoms with E-state index in [0.717, 1.165) is 6.42 Å². The molecule has 0 aromatic heterocycles. The van der Waals surface area contributed by atoms with Gasteiger partial charge in [-0.2, -0.15) is 0 Å². The molecule has 0 bridgehead atoms. The highest BCUT2D eigenvalue weighted by Gasteiger charge is 2.52. The van der Waals surface area contributed by atoms with E-state index in [1.165, 1.54) is 0 Å². The van der Waals surface area contributed by atoms with Gasteiger partial charge in [-0.3, -0.25) is 9.59 Å². The Kier molecular flexibility index (Phi) is 4.64. The van der Waals surface area contributed by atoms with E-state index in [9.17, 15) is 14.4 Å². The molecule has 1 heterocycles. The number of carbonyl (C=O) groups excluding carboxylic acids is 3. The molecule has 124 valence electrons. The number of rotatable bonds is 2. The first-order valence-electron chi connectivity index (χ1n) is 8.22. The fraction of sp³-hybridized carbons (Fsp3) is 0.824. The van der Waals surface area contributed by atoms with E-state index < -0.39 is 11.5 Å². The smallest absolute Gasteiger partial charge is 0.410 e. The summed E-state index contributed by atoms with van der Waals surface area (Å²) in [6.07, 6.45) is 2.83. The maximum atomic E-state index is 12.2. The van der Waals surface area contributed by atoms with Gasteiger partial charge in [0, 0.05) is 25.9 Å². The van der Waals surface area contributed by atoms with E-state index in [1.54, 1.807) is 4.90 Å². The molecule has 1 saturated carbocycles. The van der Waals surface area contributed by atoms with Gasteiger partial charge < -0.3 is 9.64 Å². The lowest BCUT2D eigenvalue weighted by Gasteiger charge is -2.42. The zero-order chi connectivity index (χ0) is 16.5. The third-order valence-corrected chi connectivity index (χ3v) is 4.88. The highest BCUT2D eigenvalue weighted by atomic mass is 16.6. The van der Waals surface area contributed by atoms with Crippen molar-refractivity contribution in [3.05, 3.63) is 0 Å². The largest absolute Gasteiger partial charge is 0.444 e. The van der Waals surface area contributed by atoms with Gasteiger partial charge in [0.05, 0.1) is 5.92 Å². The van der Waals surface area contributed by atoms with Gasteiger partial charge in [-0.1, -0.05) is 6.92 Å². The second-order valence-electron chi connectivity index (χ2n) is 7.55. The Labute approximate surface area is 132 Å². The predicted molar refractivity (Wildman–Crippen MR) is 82.5 cm³/mol. The Morgan fingerprint density at radius 3 is 2.32 bits per heavy atom. The Morgan fingerprint density at radius 1 is 1.23 bits per heavy atom. The molecule has 0 N–H and O–H groups in total. The quantitative estimate of drug-likeness (QED) is 0.736. The molecule has 1 amide bonds. The molecule has 22 heavy (non-hydrogen) atoms. The van der Waals surface area contributed by atoms with Crippen molar-refractivity contribution in [2.45, 2.75) is 65.4 Å². The molecule has 2 rings (SSSR count). The Hall–Kier alpha value is -1.39. The number of likely N-dealkylation sites (tertiary alicyclic amines) is 1. The molecule has 0 radical (unpaired) electrons. The van der Waals surface area contributed by atoms with Gasteiger partial charge in [-0.05, 0) is 45.4 Å². The van der Waals surface area contributed by atoms with E-state index in [0.29, 0.717) is 38.8 Å². The van der Waals surface area contributed by atoms with Crippen molar-refractivity contribution < 1.29 is 19.1 Å². The van der Waals surface area contributed by atoms with Crippen LogP contribution in [0.2, 0.25) is 0 Å². The molecule has 0 aromatic carbocycles. The summed E-state index contributed by atoms with van der Waals surface area (Å²) < 4.78 is 5.40. The van der Waals surface area contributed by atoms with Crippen molar-refractivity contribution in [3.63, 3.8) is 0 Å². The average Bonchev–Trinajstić information content (AvgIpc) is 2.74. The van der Waals surface area contributed by atoms with Crippen LogP contribution in [0, 0.1) is 11.3 Å². The zero-order valence-corrected chi connectivity index (χ0v) is 14.1. The van der Waals surface area contributed by atoms with Crippen molar-refractivity contribution in [2.75, 3.05) is 13.1 Å². The van der Waals surface area contributed by atoms with Gasteiger partial charge in [-0.15, -0.1) is 0 Å². The molecule has 1 saturated heterocycles. The summed E-state index contributed by atoms with van der Waals surface area (Å²) in [6.45, 7) is 8.49. The standard InChI is InChI=1S/C17H27NO4/c1-5-12(19)14-13(20)6-7-17(14)8-10-18(11-9-17)15(21)22-16(2,3)4/h14H,5-11H2,1-4H3. The first-order chi connectivity index (χ1) is 10.2. The van der Waals surface area contributed by atoms with Crippen LogP contribution >= 0.6 is 0 Å². The number of carbonyl (C=O) groups is 3. The van der Waals surface area contributed by atoms with Crippen LogP contribution in [-0.4, -0.2) is 41.3 Å². The molecule has 1 aliphatic carbocycles. The number of piperidine rings is 1. The number of hydrogen-bond acceptors (Lipinski definition) is 4. The Balaban J connectivity index is 2.03.